The fourth-order valence-corrected chi connectivity index (χ4v) is 3.91. The van der Waals surface area contributed by atoms with Crippen LogP contribution in [0.2, 0.25) is 0 Å². The predicted molar refractivity (Wildman–Crippen MR) is 137 cm³/mol. The smallest absolute Gasteiger partial charge is 0.193 e. The maximum atomic E-state index is 13.2. The Balaban J connectivity index is 2.08. The minimum absolute atomic E-state index is 0.0447. The molecule has 33 heavy (non-hydrogen) atoms. The zero-order valence-electron chi connectivity index (χ0n) is 19.1. The molecule has 0 spiro atoms. The molecule has 0 unspecified atom stereocenters. The molecule has 0 heterocycles. The highest BCUT2D eigenvalue weighted by Crippen LogP contribution is 2.41. The van der Waals surface area contributed by atoms with Gasteiger partial charge in [0.2, 0.25) is 0 Å². The second-order valence-electron chi connectivity index (χ2n) is 8.13. The van der Waals surface area contributed by atoms with Crippen LogP contribution in [0.5, 0.6) is 11.5 Å². The van der Waals surface area contributed by atoms with Gasteiger partial charge in [-0.25, -0.2) is 0 Å². The summed E-state index contributed by atoms with van der Waals surface area (Å²) in [5.41, 5.74) is 4.98. The number of aryl methyl sites for hydroxylation is 1. The number of Topliss-reactive ketones (excluding diaryl/α,β-unsaturated/α-hetero) is 1. The number of phenolic OH excluding ortho intramolecular Hbond substituents is 2. The van der Waals surface area contributed by atoms with Crippen molar-refractivity contribution in [3.8, 4) is 22.6 Å². The molecule has 0 aliphatic carbocycles. The lowest BCUT2D eigenvalue weighted by atomic mass is 9.90. The monoisotopic (exact) mass is 438 g/mol. The van der Waals surface area contributed by atoms with Gasteiger partial charge in [0.1, 0.15) is 11.5 Å². The van der Waals surface area contributed by atoms with Gasteiger partial charge in [-0.2, -0.15) is 0 Å². The van der Waals surface area contributed by atoms with E-state index in [1.165, 1.54) is 5.56 Å². The number of benzene rings is 3. The third-order valence-corrected chi connectivity index (χ3v) is 5.63. The molecule has 3 aromatic carbocycles. The summed E-state index contributed by atoms with van der Waals surface area (Å²) in [7, 11) is 0. The first kappa shape index (κ1) is 23.8. The van der Waals surface area contributed by atoms with E-state index in [-0.39, 0.29) is 22.9 Å². The molecule has 0 fully saturated rings. The summed E-state index contributed by atoms with van der Waals surface area (Å²) in [5, 5.41) is 21.7. The summed E-state index contributed by atoms with van der Waals surface area (Å²) in [6, 6.07) is 16.3. The quantitative estimate of drug-likeness (QED) is 0.202. The number of carbonyl (C=O) groups excluding carboxylic acids is 1. The third-order valence-electron chi connectivity index (χ3n) is 5.63. The van der Waals surface area contributed by atoms with E-state index >= 15 is 0 Å². The van der Waals surface area contributed by atoms with Crippen LogP contribution >= 0.6 is 0 Å². The van der Waals surface area contributed by atoms with Gasteiger partial charge >= 0.3 is 0 Å². The molecular weight excluding hydrogens is 408 g/mol. The Hall–Kier alpha value is -3.85. The van der Waals surface area contributed by atoms with Crippen LogP contribution in [0.15, 0.2) is 86.5 Å². The van der Waals surface area contributed by atoms with Crippen LogP contribution in [0.3, 0.4) is 0 Å². The van der Waals surface area contributed by atoms with Crippen molar-refractivity contribution in [1.29, 1.82) is 0 Å². The lowest BCUT2D eigenvalue weighted by Crippen LogP contribution is -2.04. The zero-order chi connectivity index (χ0) is 24.0. The molecule has 0 aliphatic heterocycles. The fraction of sp³-hybridized carbons (Fsp3) is 0.167. The number of hydrogen-bond acceptors (Lipinski definition) is 3. The van der Waals surface area contributed by atoms with Crippen molar-refractivity contribution in [3.05, 3.63) is 114 Å². The van der Waals surface area contributed by atoms with Crippen LogP contribution in [0.4, 0.5) is 0 Å². The molecule has 3 rings (SSSR count). The lowest BCUT2D eigenvalue weighted by Gasteiger charge is -2.16. The van der Waals surface area contributed by atoms with Crippen LogP contribution in [0.25, 0.3) is 16.7 Å². The number of carbonyl (C=O) groups is 1. The molecule has 0 saturated carbocycles. The Morgan fingerprint density at radius 2 is 1.45 bits per heavy atom. The average molecular weight is 439 g/mol. The summed E-state index contributed by atoms with van der Waals surface area (Å²) in [6.07, 6.45) is 6.70. The highest BCUT2D eigenvalue weighted by atomic mass is 16.3. The average Bonchev–Trinajstić information content (AvgIpc) is 2.81. The summed E-state index contributed by atoms with van der Waals surface area (Å²) in [4.78, 5) is 13.2. The minimum atomic E-state index is -0.250. The maximum absolute atomic E-state index is 13.2. The molecule has 0 bridgehead atoms. The Kier molecular flexibility index (Phi) is 7.68. The number of phenols is 2. The maximum Gasteiger partial charge on any atom is 0.193 e. The van der Waals surface area contributed by atoms with Crippen LogP contribution in [-0.2, 0) is 19.3 Å². The summed E-state index contributed by atoms with van der Waals surface area (Å²) in [6.45, 7) is 13.7. The number of rotatable bonds is 10. The lowest BCUT2D eigenvalue weighted by molar-refractivity contribution is 0.105. The van der Waals surface area contributed by atoms with Gasteiger partial charge in [0.15, 0.2) is 5.78 Å². The van der Waals surface area contributed by atoms with E-state index in [0.717, 1.165) is 24.0 Å². The van der Waals surface area contributed by atoms with E-state index in [9.17, 15) is 15.0 Å². The predicted octanol–water partition coefficient (Wildman–Crippen LogP) is 7.07. The van der Waals surface area contributed by atoms with E-state index in [2.05, 4.69) is 26.7 Å². The highest BCUT2D eigenvalue weighted by molar-refractivity contribution is 6.29. The van der Waals surface area contributed by atoms with Crippen LogP contribution in [0.1, 0.15) is 46.0 Å². The molecule has 0 aromatic heterocycles. The molecule has 2 N–H and O–H groups in total. The summed E-state index contributed by atoms with van der Waals surface area (Å²) >= 11 is 0. The molecular formula is C30H30O3. The fourth-order valence-electron chi connectivity index (χ4n) is 3.91. The van der Waals surface area contributed by atoms with Crippen LogP contribution in [-0.4, -0.2) is 16.0 Å². The minimum Gasteiger partial charge on any atom is -0.507 e. The molecule has 0 aliphatic rings. The molecule has 3 heteroatoms. The topological polar surface area (TPSA) is 57.5 Å². The van der Waals surface area contributed by atoms with E-state index < -0.39 is 0 Å². The molecule has 3 nitrogen and oxygen atoms in total. The summed E-state index contributed by atoms with van der Waals surface area (Å²) < 4.78 is 0. The van der Waals surface area contributed by atoms with Gasteiger partial charge < -0.3 is 10.2 Å². The van der Waals surface area contributed by atoms with Crippen molar-refractivity contribution in [1.82, 2.24) is 0 Å². The molecule has 0 radical (unpaired) electrons. The zero-order valence-corrected chi connectivity index (χ0v) is 19.1. The number of allylic oxidation sites excluding steroid dienone is 3. The standard InChI is InChI=1S/C30H30O3/c1-5-8-21-11-14-24(15-12-21)29(32)20(4)25-18-23(10-7-3)19-27(30(25)33)26-17-22(9-6-2)13-16-28(26)31/h6-7,11-19,31,33H,2-5,8-10H2,1H3. The van der Waals surface area contributed by atoms with Crippen molar-refractivity contribution in [2.45, 2.75) is 32.6 Å². The normalized spacial score (nSPS) is 10.6. The number of ketones is 1. The molecule has 0 amide bonds. The van der Waals surface area contributed by atoms with Gasteiger partial charge in [0, 0.05) is 27.8 Å². The Morgan fingerprint density at radius 3 is 2.09 bits per heavy atom. The number of aromatic hydroxyl groups is 2. The molecule has 0 atom stereocenters. The third kappa shape index (κ3) is 5.32. The Morgan fingerprint density at radius 1 is 0.848 bits per heavy atom. The van der Waals surface area contributed by atoms with Gasteiger partial charge in [0.05, 0.1) is 0 Å². The largest absolute Gasteiger partial charge is 0.507 e. The highest BCUT2D eigenvalue weighted by Gasteiger charge is 2.21. The van der Waals surface area contributed by atoms with Crippen molar-refractivity contribution in [3.63, 3.8) is 0 Å². The van der Waals surface area contributed by atoms with Gasteiger partial charge in [-0.3, -0.25) is 4.79 Å². The van der Waals surface area contributed by atoms with Crippen LogP contribution in [0, 0.1) is 0 Å². The van der Waals surface area contributed by atoms with Gasteiger partial charge in [-0.1, -0.05) is 62.4 Å². The van der Waals surface area contributed by atoms with E-state index in [1.54, 1.807) is 36.4 Å². The second kappa shape index (κ2) is 10.6. The molecule has 3 aromatic rings. The molecule has 0 saturated heterocycles. The second-order valence-corrected chi connectivity index (χ2v) is 8.13. The van der Waals surface area contributed by atoms with Crippen molar-refractivity contribution >= 4 is 11.4 Å². The van der Waals surface area contributed by atoms with E-state index in [4.69, 9.17) is 0 Å². The summed E-state index contributed by atoms with van der Waals surface area (Å²) in [5.74, 6) is -0.294. The first-order valence-corrected chi connectivity index (χ1v) is 11.1. The molecule has 168 valence electrons. The van der Waals surface area contributed by atoms with Gasteiger partial charge in [-0.15, -0.1) is 13.2 Å². The van der Waals surface area contributed by atoms with Gasteiger partial charge in [0.25, 0.3) is 0 Å². The SMILES string of the molecule is C=CCc1ccc(O)c(-c2cc(CC=C)cc(C(=C)C(=O)c3ccc(CCC)cc3)c2O)c1. The first-order valence-electron chi connectivity index (χ1n) is 11.1. The van der Waals surface area contributed by atoms with Crippen molar-refractivity contribution in [2.24, 2.45) is 0 Å². The first-order chi connectivity index (χ1) is 15.9. The Labute approximate surface area is 196 Å². The number of hydrogen-bond donors (Lipinski definition) is 2. The van der Waals surface area contributed by atoms with E-state index in [1.807, 2.05) is 30.3 Å². The van der Waals surface area contributed by atoms with Crippen molar-refractivity contribution in [2.75, 3.05) is 0 Å². The van der Waals surface area contributed by atoms with Crippen molar-refractivity contribution < 1.29 is 15.0 Å². The van der Waals surface area contributed by atoms with E-state index in [0.29, 0.717) is 35.1 Å². The van der Waals surface area contributed by atoms with Gasteiger partial charge in [-0.05, 0) is 60.2 Å². The Bertz CT molecular complexity index is 1200. The van der Waals surface area contributed by atoms with Crippen LogP contribution < -0.4 is 0 Å².